The van der Waals surface area contributed by atoms with Gasteiger partial charge in [-0.15, -0.1) is 0 Å². The number of aliphatic hydroxyl groups excluding tert-OH is 1. The molecule has 0 unspecified atom stereocenters. The second-order valence-electron chi connectivity index (χ2n) is 14.0. The van der Waals surface area contributed by atoms with Crippen molar-refractivity contribution < 1.29 is 86.0 Å². The van der Waals surface area contributed by atoms with E-state index in [2.05, 4.69) is 0 Å². The van der Waals surface area contributed by atoms with Gasteiger partial charge in [0.1, 0.15) is 49.3 Å². The number of hydrogen-bond donors (Lipinski definition) is 1. The summed E-state index contributed by atoms with van der Waals surface area (Å²) < 4.78 is 64.1. The number of rotatable bonds is 17. The fraction of sp³-hybridized carbons (Fsp3) is 0.550. The number of ether oxygens (including phenoxy) is 11. The van der Waals surface area contributed by atoms with Crippen molar-refractivity contribution in [3.05, 3.63) is 71.8 Å². The molecule has 2 aromatic rings. The Kier molecular flexibility index (Phi) is 15.5. The number of amides is 2. The van der Waals surface area contributed by atoms with E-state index in [0.717, 1.165) is 45.9 Å². The number of nitrogens with zero attached hydrogens (tertiary/aromatic N) is 1. The predicted molar refractivity (Wildman–Crippen MR) is 196 cm³/mol. The van der Waals surface area contributed by atoms with Gasteiger partial charge in [0.2, 0.25) is 5.91 Å². The van der Waals surface area contributed by atoms with Crippen molar-refractivity contribution >= 4 is 35.9 Å². The van der Waals surface area contributed by atoms with Crippen LogP contribution in [0.3, 0.4) is 0 Å². The molecule has 2 aromatic carbocycles. The third kappa shape index (κ3) is 11.0. The van der Waals surface area contributed by atoms with Gasteiger partial charge in [-0.25, -0.2) is 14.5 Å². The molecule has 3 fully saturated rings. The molecule has 19 nitrogen and oxygen atoms in total. The van der Waals surface area contributed by atoms with Crippen molar-refractivity contribution in [1.29, 1.82) is 0 Å². The van der Waals surface area contributed by atoms with Crippen LogP contribution < -0.4 is 0 Å². The minimum absolute atomic E-state index is 0.00107. The summed E-state index contributed by atoms with van der Waals surface area (Å²) in [7, 11) is 2.37. The van der Waals surface area contributed by atoms with Crippen LogP contribution in [0.4, 0.5) is 4.79 Å². The molecule has 11 atom stereocenters. The molecule has 5 rings (SSSR count). The van der Waals surface area contributed by atoms with E-state index in [1.807, 2.05) is 48.5 Å². The van der Waals surface area contributed by atoms with Gasteiger partial charge >= 0.3 is 30.0 Å². The third-order valence-corrected chi connectivity index (χ3v) is 9.71. The number of benzene rings is 2. The topological polar surface area (TPSA) is 227 Å². The maximum absolute atomic E-state index is 14.2. The van der Waals surface area contributed by atoms with Crippen molar-refractivity contribution in [2.24, 2.45) is 0 Å². The second-order valence-corrected chi connectivity index (χ2v) is 14.0. The van der Waals surface area contributed by atoms with E-state index in [1.54, 1.807) is 12.1 Å². The quantitative estimate of drug-likeness (QED) is 0.177. The highest BCUT2D eigenvalue weighted by atomic mass is 16.8. The summed E-state index contributed by atoms with van der Waals surface area (Å²) in [6.07, 6.45) is -15.3. The summed E-state index contributed by atoms with van der Waals surface area (Å²) in [5, 5.41) is 12.2. The lowest BCUT2D eigenvalue weighted by Gasteiger charge is -2.50. The SMILES string of the molecule is COC(=O)[C@@]1(O[C@@H]2[C@H](O)[C@@H](OCc3ccccc3)[C@H](OC)O[C@@H]2COCc2ccccc2)C[C@@H]2OC(=O)N(C(C)=O)[C@H]2[C@H]([C@H](OC(C)=O)[C@@H](COC(C)=O)OC(C)=O)O1. The lowest BCUT2D eigenvalue weighted by atomic mass is 9.87. The van der Waals surface area contributed by atoms with E-state index in [4.69, 9.17) is 52.1 Å². The molecule has 3 heterocycles. The summed E-state index contributed by atoms with van der Waals surface area (Å²) in [5.74, 6) is -7.34. The Labute approximate surface area is 339 Å². The van der Waals surface area contributed by atoms with E-state index in [1.165, 1.54) is 7.11 Å². The van der Waals surface area contributed by atoms with Crippen LogP contribution in [0.15, 0.2) is 60.7 Å². The monoisotopic (exact) mass is 831 g/mol. The number of fused-ring (bicyclic) bond motifs is 1. The Hall–Kier alpha value is -5.02. The van der Waals surface area contributed by atoms with Gasteiger partial charge in [0.05, 0.1) is 33.4 Å². The molecule has 3 aliphatic rings. The van der Waals surface area contributed by atoms with Gasteiger partial charge in [0.25, 0.3) is 5.79 Å². The van der Waals surface area contributed by atoms with Gasteiger partial charge < -0.3 is 57.2 Å². The van der Waals surface area contributed by atoms with Gasteiger partial charge in [0.15, 0.2) is 18.5 Å². The highest BCUT2D eigenvalue weighted by Crippen LogP contribution is 2.44. The molecule has 3 aliphatic heterocycles. The van der Waals surface area contributed by atoms with E-state index < -0.39 is 116 Å². The summed E-state index contributed by atoms with van der Waals surface area (Å²) >= 11 is 0. The van der Waals surface area contributed by atoms with Crippen LogP contribution in [0.5, 0.6) is 0 Å². The number of carbonyl (C=O) groups is 6. The Bertz CT molecular complexity index is 1780. The van der Waals surface area contributed by atoms with Gasteiger partial charge in [-0.05, 0) is 11.1 Å². The number of aliphatic hydroxyl groups is 1. The van der Waals surface area contributed by atoms with Crippen LogP contribution in [-0.2, 0) is 89.3 Å². The van der Waals surface area contributed by atoms with E-state index in [-0.39, 0.29) is 19.8 Å². The van der Waals surface area contributed by atoms with Crippen molar-refractivity contribution in [1.82, 2.24) is 4.90 Å². The Morgan fingerprint density at radius 3 is 2.05 bits per heavy atom. The highest BCUT2D eigenvalue weighted by Gasteiger charge is 2.66. The Morgan fingerprint density at radius 2 is 1.49 bits per heavy atom. The Balaban J connectivity index is 1.59. The molecule has 0 radical (unpaired) electrons. The van der Waals surface area contributed by atoms with Crippen LogP contribution in [0.2, 0.25) is 0 Å². The zero-order chi connectivity index (χ0) is 42.9. The van der Waals surface area contributed by atoms with Crippen LogP contribution in [0.1, 0.15) is 45.2 Å². The third-order valence-electron chi connectivity index (χ3n) is 9.71. The molecule has 3 saturated heterocycles. The molecule has 19 heteroatoms. The van der Waals surface area contributed by atoms with Crippen molar-refractivity contribution in [3.8, 4) is 0 Å². The van der Waals surface area contributed by atoms with Crippen molar-refractivity contribution in [2.45, 2.75) is 114 Å². The molecule has 1 N–H and O–H groups in total. The maximum Gasteiger partial charge on any atom is 0.417 e. The number of hydrogen-bond acceptors (Lipinski definition) is 18. The average Bonchev–Trinajstić information content (AvgIpc) is 3.54. The standard InChI is InChI=1S/C40H49NO18/c1-22(42)41-31-28(57-39(41)48)17-40(38(47)50-6,59-35(31)34(55-25(4)45)30(54-24(3)44)21-52-23(2)43)58-33-29(20-51-18-26-13-9-7-10-14-26)56-37(49-5)36(32(33)46)53-19-27-15-11-8-12-16-27/h7-16,28-37,46H,17-21H2,1-6H3/t28-,29+,30+,31+,32-,33-,34+,35+,36+,37+,40+/m0/s1. The molecule has 59 heavy (non-hydrogen) atoms. The normalized spacial score (nSPS) is 28.7. The van der Waals surface area contributed by atoms with Gasteiger partial charge in [-0.2, -0.15) is 0 Å². The molecule has 0 spiro atoms. The first-order valence-electron chi connectivity index (χ1n) is 18.7. The van der Waals surface area contributed by atoms with E-state index in [0.29, 0.717) is 4.90 Å². The number of esters is 4. The minimum atomic E-state index is -2.65. The first-order chi connectivity index (χ1) is 28.2. The van der Waals surface area contributed by atoms with Gasteiger partial charge in [-0.1, -0.05) is 60.7 Å². The van der Waals surface area contributed by atoms with Crippen LogP contribution in [0, 0.1) is 0 Å². The van der Waals surface area contributed by atoms with Crippen molar-refractivity contribution in [3.63, 3.8) is 0 Å². The molecular formula is C40H49NO18. The molecular weight excluding hydrogens is 782 g/mol. The van der Waals surface area contributed by atoms with E-state index in [9.17, 15) is 33.9 Å². The second kappa shape index (κ2) is 20.3. The fourth-order valence-corrected chi connectivity index (χ4v) is 7.23. The lowest BCUT2D eigenvalue weighted by Crippen LogP contribution is -2.70. The van der Waals surface area contributed by atoms with Gasteiger partial charge in [0, 0.05) is 34.8 Å². The average molecular weight is 832 g/mol. The minimum Gasteiger partial charge on any atom is -0.465 e. The van der Waals surface area contributed by atoms with Crippen LogP contribution in [-0.4, -0.2) is 140 Å². The summed E-state index contributed by atoms with van der Waals surface area (Å²) in [5.41, 5.74) is 1.57. The van der Waals surface area contributed by atoms with Crippen molar-refractivity contribution in [2.75, 3.05) is 27.4 Å². The molecule has 322 valence electrons. The molecule has 0 aliphatic carbocycles. The smallest absolute Gasteiger partial charge is 0.417 e. The predicted octanol–water partition coefficient (Wildman–Crippen LogP) is 1.73. The number of methoxy groups -OCH3 is 2. The summed E-state index contributed by atoms with van der Waals surface area (Å²) in [6.45, 7) is 3.38. The van der Waals surface area contributed by atoms with Crippen LogP contribution >= 0.6 is 0 Å². The fourth-order valence-electron chi connectivity index (χ4n) is 7.23. The van der Waals surface area contributed by atoms with Crippen LogP contribution in [0.25, 0.3) is 0 Å². The highest BCUT2D eigenvalue weighted by molar-refractivity contribution is 5.93. The summed E-state index contributed by atoms with van der Waals surface area (Å²) in [6, 6.07) is 16.8. The largest absolute Gasteiger partial charge is 0.465 e. The maximum atomic E-state index is 14.2. The molecule has 2 amide bonds. The number of imide groups is 1. The summed E-state index contributed by atoms with van der Waals surface area (Å²) in [4.78, 5) is 78.2. The zero-order valence-corrected chi connectivity index (χ0v) is 33.4. The number of carbonyl (C=O) groups excluding carboxylic acids is 6. The van der Waals surface area contributed by atoms with Gasteiger partial charge in [-0.3, -0.25) is 19.2 Å². The Morgan fingerprint density at radius 1 is 0.864 bits per heavy atom. The lowest BCUT2D eigenvalue weighted by molar-refractivity contribution is -0.371. The first kappa shape index (κ1) is 45.1. The van der Waals surface area contributed by atoms with E-state index >= 15 is 0 Å². The molecule has 0 aromatic heterocycles. The zero-order valence-electron chi connectivity index (χ0n) is 33.4. The first-order valence-corrected chi connectivity index (χ1v) is 18.7. The molecule has 0 bridgehead atoms. The molecule has 0 saturated carbocycles.